The van der Waals surface area contributed by atoms with Crippen LogP contribution in [0.2, 0.25) is 0 Å². The molecule has 366 valence electrons. The molecule has 15 nitrogen and oxygen atoms in total. The molecule has 7 rings (SSSR count). The Hall–Kier alpha value is -6.04. The number of alkyl halides is 5. The largest absolute Gasteiger partial charge is 0.444 e. The number of aromatic nitrogens is 4. The fourth-order valence-corrected chi connectivity index (χ4v) is 10.0. The van der Waals surface area contributed by atoms with E-state index in [1.807, 2.05) is 11.8 Å². The van der Waals surface area contributed by atoms with Crippen molar-refractivity contribution in [1.29, 1.82) is 0 Å². The molecule has 2 aromatic carbocycles. The number of anilines is 2. The highest BCUT2D eigenvalue weighted by atomic mass is 32.2. The number of amides is 2. The number of ether oxygens (including phenoxy) is 1. The number of fused-ring (bicyclic) bond motifs is 2. The van der Waals surface area contributed by atoms with Gasteiger partial charge in [-0.3, -0.25) is 19.2 Å². The van der Waals surface area contributed by atoms with Crippen LogP contribution in [0.15, 0.2) is 58.7 Å². The van der Waals surface area contributed by atoms with E-state index in [4.69, 9.17) is 20.4 Å². The maximum Gasteiger partial charge on any atom is 0.431 e. The van der Waals surface area contributed by atoms with Gasteiger partial charge in [-0.25, -0.2) is 27.0 Å². The number of piperazine rings is 1. The van der Waals surface area contributed by atoms with Gasteiger partial charge < -0.3 is 25.6 Å². The van der Waals surface area contributed by atoms with Crippen LogP contribution in [0, 0.1) is 17.6 Å². The number of pyridine rings is 1. The average molecular weight is 995 g/mol. The Morgan fingerprint density at radius 2 is 1.75 bits per heavy atom. The number of hydrogen-bond donors (Lipinski definition) is 3. The summed E-state index contributed by atoms with van der Waals surface area (Å²) in [4.78, 5) is 44.1. The Morgan fingerprint density at radius 3 is 2.37 bits per heavy atom. The molecule has 4 N–H and O–H groups in total. The van der Waals surface area contributed by atoms with Gasteiger partial charge in [-0.15, -0.1) is 0 Å². The first-order valence-electron chi connectivity index (χ1n) is 21.4. The van der Waals surface area contributed by atoms with E-state index < -0.39 is 93.3 Å². The molecule has 1 saturated heterocycles. The Labute approximate surface area is 390 Å². The molecule has 5 aromatic rings. The first kappa shape index (κ1) is 49.9. The molecule has 1 saturated carbocycles. The third-order valence-corrected chi connectivity index (χ3v) is 13.0. The number of aryl methyl sites for hydroxylation is 1. The van der Waals surface area contributed by atoms with Crippen LogP contribution in [-0.2, 0) is 33.0 Å². The number of thiazole rings is 1. The van der Waals surface area contributed by atoms with E-state index in [0.29, 0.717) is 57.6 Å². The predicted octanol–water partition coefficient (Wildman–Crippen LogP) is 8.02. The molecule has 2 fully saturated rings. The molecule has 0 spiro atoms. The second-order valence-corrected chi connectivity index (χ2v) is 20.6. The molecule has 2 aliphatic rings. The lowest BCUT2D eigenvalue weighted by Crippen LogP contribution is -2.55. The topological polar surface area (TPSA) is 190 Å². The summed E-state index contributed by atoms with van der Waals surface area (Å²) in [5, 5.41) is 7.96. The molecule has 2 amide bonds. The van der Waals surface area contributed by atoms with Crippen molar-refractivity contribution in [2.24, 2.45) is 23.7 Å². The van der Waals surface area contributed by atoms with Gasteiger partial charge in [0.05, 0.1) is 28.2 Å². The van der Waals surface area contributed by atoms with Gasteiger partial charge in [-0.1, -0.05) is 30.4 Å². The van der Waals surface area contributed by atoms with Gasteiger partial charge >= 0.3 is 12.3 Å². The Balaban J connectivity index is 1.36. The standard InChI is InChI=1S/C44H49F7N10O5S2/c1-8-24-19-43(47,48)37(33(24)36(52)44(49,50)51)53-20-32(62)54-30(16-23-14-25(45)17-26(46)15-23)34-29(27-10-9-11-28-35(27)59(6)57-38(28)58-68(7,64)65)18-31-39(55-34)56-40(67-31)60-12-13-61(22(2)21-60)41(63)66-42(3,4)5/h9-11,14-15,17-18,22,24,30H,8,12-13,16,19-21,52H2,1-7H3,(H,54,62)(H,57,58)/t22-,24+,30+/m1/s1. The predicted molar refractivity (Wildman–Crippen MR) is 244 cm³/mol. The van der Waals surface area contributed by atoms with Gasteiger partial charge in [0.15, 0.2) is 16.6 Å². The van der Waals surface area contributed by atoms with E-state index >= 15 is 8.78 Å². The van der Waals surface area contributed by atoms with Crippen molar-refractivity contribution >= 4 is 71.3 Å². The summed E-state index contributed by atoms with van der Waals surface area (Å²) in [6.07, 6.45) is -6.17. The minimum Gasteiger partial charge on any atom is -0.444 e. The quantitative estimate of drug-likeness (QED) is 0.109. The molecule has 68 heavy (non-hydrogen) atoms. The number of benzene rings is 2. The van der Waals surface area contributed by atoms with E-state index in [1.165, 1.54) is 22.9 Å². The zero-order valence-corrected chi connectivity index (χ0v) is 39.6. The number of carbonyl (C=O) groups excluding carboxylic acids is 2. The molecular weight excluding hydrogens is 946 g/mol. The maximum absolute atomic E-state index is 15.4. The van der Waals surface area contributed by atoms with Gasteiger partial charge in [0, 0.05) is 67.3 Å². The summed E-state index contributed by atoms with van der Waals surface area (Å²) in [6, 6.07) is 7.67. The molecule has 24 heteroatoms. The number of carbonyl (C=O) groups is 2. The van der Waals surface area contributed by atoms with Gasteiger partial charge in [0.2, 0.25) is 15.9 Å². The fraction of sp³-hybridized carbons (Fsp3) is 0.455. The fourth-order valence-electron chi connectivity index (χ4n) is 8.53. The van der Waals surface area contributed by atoms with E-state index in [2.05, 4.69) is 20.1 Å². The summed E-state index contributed by atoms with van der Waals surface area (Å²) in [5.74, 6) is -8.14. The second-order valence-electron chi connectivity index (χ2n) is 17.9. The van der Waals surface area contributed by atoms with Crippen LogP contribution in [0.3, 0.4) is 0 Å². The lowest BCUT2D eigenvalue weighted by atomic mass is 9.94. The summed E-state index contributed by atoms with van der Waals surface area (Å²) in [6.45, 7) is 8.53. The van der Waals surface area contributed by atoms with E-state index in [9.17, 15) is 40.0 Å². The number of nitrogens with one attached hydrogen (secondary N) is 2. The van der Waals surface area contributed by atoms with Crippen molar-refractivity contribution in [2.75, 3.05) is 42.1 Å². The van der Waals surface area contributed by atoms with Crippen molar-refractivity contribution in [3.8, 4) is 11.1 Å². The van der Waals surface area contributed by atoms with Crippen molar-refractivity contribution in [1.82, 2.24) is 30.0 Å². The minimum atomic E-state index is -5.17. The number of aliphatic imine (C=N–C) groups is 1. The number of para-hydroxylation sites is 1. The number of halogens is 7. The number of sulfonamides is 1. The smallest absolute Gasteiger partial charge is 0.431 e. The molecule has 1 aliphatic heterocycles. The Kier molecular flexibility index (Phi) is 13.5. The third-order valence-electron chi connectivity index (χ3n) is 11.4. The normalized spacial score (nSPS) is 19.8. The van der Waals surface area contributed by atoms with Crippen LogP contribution in [0.1, 0.15) is 64.8 Å². The van der Waals surface area contributed by atoms with E-state index in [-0.39, 0.29) is 41.6 Å². The SMILES string of the molecule is CC[C@H]1CC(F)(F)C(=NCC(=O)N[C@@H](Cc2cc(F)cc(F)c2)c2nc3nc(N4CCN(C(=O)OC(C)(C)C)[C@H](C)C4)sc3cc2-c2cccc3c(NS(C)(=O)=O)nn(C)c23)C1=C(N)C(F)(F)F. The number of rotatable bonds is 11. The van der Waals surface area contributed by atoms with Crippen molar-refractivity contribution in [3.63, 3.8) is 0 Å². The van der Waals surface area contributed by atoms with Crippen molar-refractivity contribution in [2.45, 2.75) is 83.7 Å². The maximum atomic E-state index is 15.4. The van der Waals surface area contributed by atoms with Crippen molar-refractivity contribution < 1.29 is 53.5 Å². The molecule has 0 bridgehead atoms. The number of hydrogen-bond acceptors (Lipinski definition) is 12. The van der Waals surface area contributed by atoms with Crippen LogP contribution in [0.5, 0.6) is 0 Å². The summed E-state index contributed by atoms with van der Waals surface area (Å²) in [5.41, 5.74) is 2.12. The number of allylic oxidation sites excluding steroid dienone is 2. The molecule has 3 aromatic heterocycles. The first-order chi connectivity index (χ1) is 31.6. The zero-order chi connectivity index (χ0) is 49.8. The number of nitrogens with two attached hydrogens (primary N) is 1. The first-order valence-corrected chi connectivity index (χ1v) is 24.1. The van der Waals surface area contributed by atoms with Crippen molar-refractivity contribution in [3.05, 3.63) is 76.6 Å². The van der Waals surface area contributed by atoms with Crippen LogP contribution >= 0.6 is 11.3 Å². The summed E-state index contributed by atoms with van der Waals surface area (Å²) >= 11 is 1.26. The summed E-state index contributed by atoms with van der Waals surface area (Å²) < 4.78 is 137. The highest BCUT2D eigenvalue weighted by Crippen LogP contribution is 2.46. The average Bonchev–Trinajstić information content (AvgIpc) is 3.86. The Bertz CT molecular complexity index is 2950. The van der Waals surface area contributed by atoms with Gasteiger partial charge in [0.1, 0.15) is 35.2 Å². The van der Waals surface area contributed by atoms with Gasteiger partial charge in [-0.2, -0.15) is 32.0 Å². The highest BCUT2D eigenvalue weighted by Gasteiger charge is 2.52. The van der Waals surface area contributed by atoms with Gasteiger partial charge in [0.25, 0.3) is 5.92 Å². The molecule has 0 radical (unpaired) electrons. The third kappa shape index (κ3) is 10.8. The minimum absolute atomic E-state index is 0.00466. The van der Waals surface area contributed by atoms with E-state index in [1.54, 1.807) is 57.0 Å². The van der Waals surface area contributed by atoms with Crippen LogP contribution in [0.4, 0.5) is 46.5 Å². The van der Waals surface area contributed by atoms with Crippen LogP contribution < -0.4 is 20.7 Å². The van der Waals surface area contributed by atoms with E-state index in [0.717, 1.165) is 18.4 Å². The number of nitrogens with zero attached hydrogens (tertiary/aromatic N) is 7. The summed E-state index contributed by atoms with van der Waals surface area (Å²) in [7, 11) is -2.25. The highest BCUT2D eigenvalue weighted by molar-refractivity contribution is 7.92. The molecule has 4 heterocycles. The Morgan fingerprint density at radius 1 is 1.06 bits per heavy atom. The van der Waals surface area contributed by atoms with Gasteiger partial charge in [-0.05, 0) is 76.3 Å². The molecule has 1 aliphatic carbocycles. The lowest BCUT2D eigenvalue weighted by molar-refractivity contribution is -0.120. The molecule has 0 unspecified atom stereocenters. The zero-order valence-electron chi connectivity index (χ0n) is 37.9. The lowest BCUT2D eigenvalue weighted by Gasteiger charge is -2.40. The monoisotopic (exact) mass is 994 g/mol. The van der Waals surface area contributed by atoms with Crippen LogP contribution in [-0.4, -0.2) is 107 Å². The van der Waals surface area contributed by atoms with Crippen LogP contribution in [0.25, 0.3) is 32.4 Å². The molecular formula is C44H49F7N10O5S2. The molecule has 3 atom stereocenters. The second kappa shape index (κ2) is 18.5.